The van der Waals surface area contributed by atoms with Crippen LogP contribution in [0.15, 0.2) is 11.6 Å². The van der Waals surface area contributed by atoms with Gasteiger partial charge in [0.25, 0.3) is 0 Å². The minimum Gasteiger partial charge on any atom is -0.273 e. The molecular formula is C16H26N2O4S. The highest BCUT2D eigenvalue weighted by atomic mass is 32.2. The van der Waals surface area contributed by atoms with Crippen molar-refractivity contribution in [1.29, 1.82) is 0 Å². The zero-order valence-corrected chi connectivity index (χ0v) is 15.0. The van der Waals surface area contributed by atoms with Gasteiger partial charge in [-0.3, -0.25) is 20.4 Å². The van der Waals surface area contributed by atoms with Crippen LogP contribution in [0.5, 0.6) is 0 Å². The normalized spacial score (nSPS) is 30.3. The van der Waals surface area contributed by atoms with Crippen molar-refractivity contribution < 1.29 is 18.0 Å². The van der Waals surface area contributed by atoms with Crippen molar-refractivity contribution in [2.75, 3.05) is 11.5 Å². The first kappa shape index (κ1) is 18.0. The van der Waals surface area contributed by atoms with Crippen LogP contribution < -0.4 is 10.9 Å². The van der Waals surface area contributed by atoms with Gasteiger partial charge in [0.05, 0.1) is 17.4 Å². The van der Waals surface area contributed by atoms with Crippen LogP contribution in [0.25, 0.3) is 0 Å². The first-order valence-electron chi connectivity index (χ1n) is 7.97. The Balaban J connectivity index is 1.79. The molecule has 2 fully saturated rings. The second-order valence-corrected chi connectivity index (χ2v) is 9.81. The predicted octanol–water partition coefficient (Wildman–Crippen LogP) is 1.20. The lowest BCUT2D eigenvalue weighted by atomic mass is 10.1. The third-order valence-corrected chi connectivity index (χ3v) is 6.67. The van der Waals surface area contributed by atoms with Crippen molar-refractivity contribution in [1.82, 2.24) is 10.9 Å². The van der Waals surface area contributed by atoms with Gasteiger partial charge in [-0.15, -0.1) is 0 Å². The van der Waals surface area contributed by atoms with Crippen LogP contribution in [0.3, 0.4) is 0 Å². The number of carbonyl (C=O) groups excluding carboxylic acids is 2. The summed E-state index contributed by atoms with van der Waals surface area (Å²) >= 11 is 0. The van der Waals surface area contributed by atoms with Crippen LogP contribution in [0.4, 0.5) is 0 Å². The highest BCUT2D eigenvalue weighted by Gasteiger charge is 2.60. The predicted molar refractivity (Wildman–Crippen MR) is 87.9 cm³/mol. The van der Waals surface area contributed by atoms with Gasteiger partial charge in [-0.2, -0.15) is 0 Å². The van der Waals surface area contributed by atoms with E-state index in [0.717, 1.165) is 0 Å². The molecule has 0 radical (unpaired) electrons. The highest BCUT2D eigenvalue weighted by molar-refractivity contribution is 7.91. The molecule has 0 spiro atoms. The van der Waals surface area contributed by atoms with E-state index in [1.54, 1.807) is 0 Å². The van der Waals surface area contributed by atoms with Gasteiger partial charge in [0.1, 0.15) is 0 Å². The third kappa shape index (κ3) is 4.34. The Morgan fingerprint density at radius 2 is 1.87 bits per heavy atom. The van der Waals surface area contributed by atoms with Crippen LogP contribution in [0, 0.1) is 23.2 Å². The number of sulfone groups is 1. The van der Waals surface area contributed by atoms with E-state index in [2.05, 4.69) is 16.9 Å². The molecule has 1 heterocycles. The molecule has 2 amide bonds. The summed E-state index contributed by atoms with van der Waals surface area (Å²) in [5.74, 6) is -0.422. The molecule has 2 N–H and O–H groups in total. The summed E-state index contributed by atoms with van der Waals surface area (Å²) in [7, 11) is -2.98. The minimum absolute atomic E-state index is 0.0622. The van der Waals surface area contributed by atoms with Crippen LogP contribution >= 0.6 is 0 Å². The van der Waals surface area contributed by atoms with Crippen molar-refractivity contribution in [2.24, 2.45) is 23.2 Å². The quantitative estimate of drug-likeness (QED) is 0.593. The topological polar surface area (TPSA) is 92.3 Å². The SMILES string of the molecule is CC(C)=CC1C(C(=O)NNC(=O)CC2CCS(=O)(=O)C2)C1(C)C. The molecule has 23 heavy (non-hydrogen) atoms. The molecule has 0 aromatic rings. The Morgan fingerprint density at radius 3 is 2.39 bits per heavy atom. The maximum absolute atomic E-state index is 12.2. The molecule has 2 rings (SSSR count). The monoisotopic (exact) mass is 342 g/mol. The van der Waals surface area contributed by atoms with Gasteiger partial charge >= 0.3 is 0 Å². The van der Waals surface area contributed by atoms with Gasteiger partial charge in [-0.1, -0.05) is 25.5 Å². The summed E-state index contributed by atoms with van der Waals surface area (Å²) in [4.78, 5) is 24.1. The second kappa shape index (κ2) is 6.26. The van der Waals surface area contributed by atoms with Gasteiger partial charge in [-0.05, 0) is 37.5 Å². The Kier molecular flexibility index (Phi) is 4.89. The molecule has 3 unspecified atom stereocenters. The molecule has 130 valence electrons. The van der Waals surface area contributed by atoms with Gasteiger partial charge in [0.2, 0.25) is 11.8 Å². The van der Waals surface area contributed by atoms with E-state index in [0.29, 0.717) is 6.42 Å². The van der Waals surface area contributed by atoms with E-state index in [-0.39, 0.29) is 52.9 Å². The summed E-state index contributed by atoms with van der Waals surface area (Å²) in [5, 5.41) is 0. The summed E-state index contributed by atoms with van der Waals surface area (Å²) < 4.78 is 22.7. The highest BCUT2D eigenvalue weighted by Crippen LogP contribution is 2.59. The fraction of sp³-hybridized carbons (Fsp3) is 0.750. The zero-order valence-electron chi connectivity index (χ0n) is 14.2. The Hall–Kier alpha value is -1.37. The number of nitrogens with one attached hydrogen (secondary N) is 2. The largest absolute Gasteiger partial charge is 0.273 e. The Labute approximate surface area is 138 Å². The number of carbonyl (C=O) groups is 2. The van der Waals surface area contributed by atoms with Crippen molar-refractivity contribution >= 4 is 21.7 Å². The fourth-order valence-corrected chi connectivity index (χ4v) is 5.27. The van der Waals surface area contributed by atoms with Crippen molar-refractivity contribution in [3.63, 3.8) is 0 Å². The number of hydrogen-bond donors (Lipinski definition) is 2. The maximum Gasteiger partial charge on any atom is 0.242 e. The lowest BCUT2D eigenvalue weighted by Gasteiger charge is -2.10. The first-order valence-corrected chi connectivity index (χ1v) is 9.79. The molecule has 2 aliphatic rings. The molecule has 6 nitrogen and oxygen atoms in total. The Bertz CT molecular complexity index is 632. The average Bonchev–Trinajstić information content (AvgIpc) is 2.74. The summed E-state index contributed by atoms with van der Waals surface area (Å²) in [5.41, 5.74) is 5.96. The van der Waals surface area contributed by atoms with E-state index in [4.69, 9.17) is 0 Å². The number of rotatable bonds is 4. The molecule has 0 bridgehead atoms. The van der Waals surface area contributed by atoms with Gasteiger partial charge in [0, 0.05) is 6.42 Å². The van der Waals surface area contributed by atoms with Crippen LogP contribution in [-0.2, 0) is 19.4 Å². The van der Waals surface area contributed by atoms with E-state index in [1.165, 1.54) is 5.57 Å². The van der Waals surface area contributed by atoms with Crippen LogP contribution in [0.2, 0.25) is 0 Å². The van der Waals surface area contributed by atoms with Gasteiger partial charge in [-0.25, -0.2) is 8.42 Å². The molecule has 1 saturated carbocycles. The second-order valence-electron chi connectivity index (χ2n) is 7.58. The molecule has 1 saturated heterocycles. The minimum atomic E-state index is -2.98. The molecule has 3 atom stereocenters. The standard InChI is InChI=1S/C16H26N2O4S/c1-10(2)7-12-14(16(12,3)4)15(20)18-17-13(19)8-11-5-6-23(21,22)9-11/h7,11-12,14H,5-6,8-9H2,1-4H3,(H,17,19)(H,18,20). The summed E-state index contributed by atoms with van der Waals surface area (Å²) in [6.07, 6.45) is 2.74. The lowest BCUT2D eigenvalue weighted by Crippen LogP contribution is -2.43. The average molecular weight is 342 g/mol. The smallest absolute Gasteiger partial charge is 0.242 e. The number of hydrogen-bond acceptors (Lipinski definition) is 4. The van der Waals surface area contributed by atoms with Crippen molar-refractivity contribution in [3.8, 4) is 0 Å². The summed E-state index contributed by atoms with van der Waals surface area (Å²) in [6, 6.07) is 0. The Morgan fingerprint density at radius 1 is 1.22 bits per heavy atom. The number of amides is 2. The maximum atomic E-state index is 12.2. The molecule has 0 aromatic carbocycles. The number of allylic oxidation sites excluding steroid dienone is 2. The van der Waals surface area contributed by atoms with Crippen LogP contribution in [0.1, 0.15) is 40.5 Å². The van der Waals surface area contributed by atoms with E-state index >= 15 is 0 Å². The van der Waals surface area contributed by atoms with E-state index < -0.39 is 9.84 Å². The van der Waals surface area contributed by atoms with Crippen LogP contribution in [-0.4, -0.2) is 31.7 Å². The third-order valence-electron chi connectivity index (χ3n) is 4.83. The van der Waals surface area contributed by atoms with Gasteiger partial charge < -0.3 is 0 Å². The molecular weight excluding hydrogens is 316 g/mol. The van der Waals surface area contributed by atoms with E-state index in [1.807, 2.05) is 27.7 Å². The van der Waals surface area contributed by atoms with Crippen molar-refractivity contribution in [2.45, 2.75) is 40.5 Å². The van der Waals surface area contributed by atoms with Gasteiger partial charge in [0.15, 0.2) is 9.84 Å². The molecule has 7 heteroatoms. The lowest BCUT2D eigenvalue weighted by molar-refractivity contribution is -0.130. The zero-order chi connectivity index (χ0) is 17.4. The summed E-state index contributed by atoms with van der Waals surface area (Å²) in [6.45, 7) is 8.07. The molecule has 0 aromatic heterocycles. The molecule has 1 aliphatic heterocycles. The number of hydrazine groups is 1. The van der Waals surface area contributed by atoms with Crippen molar-refractivity contribution in [3.05, 3.63) is 11.6 Å². The first-order chi connectivity index (χ1) is 10.5. The van der Waals surface area contributed by atoms with E-state index in [9.17, 15) is 18.0 Å². The molecule has 1 aliphatic carbocycles. The fourth-order valence-electron chi connectivity index (χ4n) is 3.40.